The Morgan fingerprint density at radius 1 is 1.41 bits per heavy atom. The fraction of sp³-hybridized carbons (Fsp3) is 0.538. The summed E-state index contributed by atoms with van der Waals surface area (Å²) in [5, 5.41) is 51.7. The number of nitrogens with zero attached hydrogens (tertiary/aromatic N) is 1. The summed E-state index contributed by atoms with van der Waals surface area (Å²) < 4.78 is 5.32. The Balaban J connectivity index is 2.12. The minimum atomic E-state index is -1.36. The van der Waals surface area contributed by atoms with Crippen LogP contribution in [0.4, 0.5) is 11.4 Å². The Labute approximate surface area is 125 Å². The quantitative estimate of drug-likeness (QED) is 0.348. The highest BCUT2D eigenvalue weighted by Crippen LogP contribution is 2.28. The fourth-order valence-corrected chi connectivity index (χ4v) is 2.32. The average Bonchev–Trinajstić information content (AvgIpc) is 2.76. The molecule has 5 atom stereocenters. The number of aliphatic hydroxyl groups is 4. The van der Waals surface area contributed by atoms with E-state index in [9.17, 15) is 25.4 Å². The first-order valence-electron chi connectivity index (χ1n) is 6.67. The second-order valence-electron chi connectivity index (χ2n) is 5.15. The number of aryl methyl sites for hydroxylation is 1. The molecule has 0 spiro atoms. The van der Waals surface area contributed by atoms with Gasteiger partial charge >= 0.3 is 0 Å². The van der Waals surface area contributed by atoms with Gasteiger partial charge in [0.1, 0.15) is 24.4 Å². The van der Waals surface area contributed by atoms with E-state index in [-0.39, 0.29) is 5.69 Å². The fourth-order valence-electron chi connectivity index (χ4n) is 2.32. The predicted molar refractivity (Wildman–Crippen MR) is 75.2 cm³/mol. The van der Waals surface area contributed by atoms with Gasteiger partial charge in [-0.15, -0.1) is 0 Å². The third-order valence-corrected chi connectivity index (χ3v) is 3.59. The summed E-state index contributed by atoms with van der Waals surface area (Å²) in [5.41, 5.74) is 0.983. The summed E-state index contributed by atoms with van der Waals surface area (Å²) in [6.45, 7) is 1.03. The normalized spacial score (nSPS) is 29.3. The monoisotopic (exact) mass is 314 g/mol. The molecule has 1 saturated heterocycles. The van der Waals surface area contributed by atoms with Crippen LogP contribution in [0.3, 0.4) is 0 Å². The Bertz CT molecular complexity index is 553. The number of nitrogens with one attached hydrogen (secondary N) is 1. The molecule has 1 fully saturated rings. The highest BCUT2D eigenvalue weighted by Gasteiger charge is 2.45. The number of anilines is 1. The number of benzene rings is 1. The minimum absolute atomic E-state index is 0.0652. The van der Waals surface area contributed by atoms with Gasteiger partial charge in [0.15, 0.2) is 6.23 Å². The number of rotatable bonds is 5. The van der Waals surface area contributed by atoms with Crippen molar-refractivity contribution in [1.29, 1.82) is 0 Å². The Morgan fingerprint density at radius 3 is 2.64 bits per heavy atom. The predicted octanol–water partition coefficient (Wildman–Crippen LogP) is -0.885. The lowest BCUT2D eigenvalue weighted by molar-refractivity contribution is -0.384. The molecule has 1 heterocycles. The lowest BCUT2D eigenvalue weighted by Gasteiger charge is -2.20. The van der Waals surface area contributed by atoms with E-state index >= 15 is 0 Å². The van der Waals surface area contributed by atoms with Crippen molar-refractivity contribution in [1.82, 2.24) is 0 Å². The molecule has 9 heteroatoms. The molecule has 1 aromatic rings. The van der Waals surface area contributed by atoms with Gasteiger partial charge in [-0.3, -0.25) is 10.1 Å². The summed E-state index contributed by atoms with van der Waals surface area (Å²) in [6.07, 6.45) is -6.15. The van der Waals surface area contributed by atoms with E-state index in [4.69, 9.17) is 9.84 Å². The van der Waals surface area contributed by atoms with Crippen LogP contribution in [0.2, 0.25) is 0 Å². The lowest BCUT2D eigenvalue weighted by Crippen LogP contribution is -2.40. The zero-order valence-electron chi connectivity index (χ0n) is 11.8. The van der Waals surface area contributed by atoms with Crippen LogP contribution in [0.5, 0.6) is 0 Å². The van der Waals surface area contributed by atoms with E-state index in [0.717, 1.165) is 0 Å². The highest BCUT2D eigenvalue weighted by atomic mass is 16.6. The Morgan fingerprint density at radius 2 is 2.09 bits per heavy atom. The molecule has 2 rings (SSSR count). The number of hydrogen-bond acceptors (Lipinski definition) is 8. The molecule has 1 aliphatic heterocycles. The minimum Gasteiger partial charge on any atom is -0.394 e. The molecule has 0 saturated carbocycles. The molecule has 1 aliphatic rings. The van der Waals surface area contributed by atoms with Gasteiger partial charge < -0.3 is 30.5 Å². The topological polar surface area (TPSA) is 145 Å². The second kappa shape index (κ2) is 6.55. The molecule has 0 unspecified atom stereocenters. The van der Waals surface area contributed by atoms with E-state index in [0.29, 0.717) is 11.3 Å². The molecule has 0 aromatic heterocycles. The number of ether oxygens (including phenoxy) is 1. The zero-order chi connectivity index (χ0) is 16.4. The van der Waals surface area contributed by atoms with Gasteiger partial charge in [0.2, 0.25) is 0 Å². The van der Waals surface area contributed by atoms with Crippen molar-refractivity contribution in [3.63, 3.8) is 0 Å². The van der Waals surface area contributed by atoms with Crippen LogP contribution >= 0.6 is 0 Å². The average molecular weight is 314 g/mol. The lowest BCUT2D eigenvalue weighted by atomic mass is 10.1. The standard InChI is InChI=1S/C13H18N2O7/c1-6-4-7(15(20)21)2-3-8(6)14-13-11(19)10(18)12(22-13)9(17)5-16/h2-4,9-14,16-19H,5H2,1H3/t9-,10-,11+,12-,13-/m1/s1. The first-order chi connectivity index (χ1) is 10.3. The molecular formula is C13H18N2O7. The van der Waals surface area contributed by atoms with E-state index in [1.54, 1.807) is 6.92 Å². The molecule has 1 aromatic carbocycles. The number of nitro groups is 1. The van der Waals surface area contributed by atoms with Gasteiger partial charge in [0.25, 0.3) is 5.69 Å². The summed E-state index contributed by atoms with van der Waals surface area (Å²) in [5.74, 6) is 0. The van der Waals surface area contributed by atoms with Crippen LogP contribution in [-0.2, 0) is 4.74 Å². The summed E-state index contributed by atoms with van der Waals surface area (Å²) >= 11 is 0. The second-order valence-corrected chi connectivity index (χ2v) is 5.15. The van der Waals surface area contributed by atoms with Gasteiger partial charge in [0, 0.05) is 17.8 Å². The van der Waals surface area contributed by atoms with Crippen molar-refractivity contribution in [2.45, 2.75) is 37.6 Å². The van der Waals surface area contributed by atoms with Crippen molar-refractivity contribution < 1.29 is 30.1 Å². The van der Waals surface area contributed by atoms with Crippen molar-refractivity contribution >= 4 is 11.4 Å². The summed E-state index contributed by atoms with van der Waals surface area (Å²) in [7, 11) is 0. The maximum absolute atomic E-state index is 10.7. The first-order valence-corrected chi connectivity index (χ1v) is 6.67. The summed E-state index contributed by atoms with van der Waals surface area (Å²) in [6, 6.07) is 4.12. The van der Waals surface area contributed by atoms with Gasteiger partial charge in [-0.1, -0.05) is 0 Å². The van der Waals surface area contributed by atoms with Crippen LogP contribution in [0.15, 0.2) is 18.2 Å². The van der Waals surface area contributed by atoms with Crippen LogP contribution in [0, 0.1) is 17.0 Å². The van der Waals surface area contributed by atoms with Crippen molar-refractivity contribution in [3.8, 4) is 0 Å². The van der Waals surface area contributed by atoms with Crippen molar-refractivity contribution in [3.05, 3.63) is 33.9 Å². The van der Waals surface area contributed by atoms with E-state index in [2.05, 4.69) is 5.32 Å². The molecule has 9 nitrogen and oxygen atoms in total. The van der Waals surface area contributed by atoms with Crippen LogP contribution in [0.25, 0.3) is 0 Å². The molecule has 22 heavy (non-hydrogen) atoms. The smallest absolute Gasteiger partial charge is 0.269 e. The molecule has 122 valence electrons. The molecule has 0 radical (unpaired) electrons. The summed E-state index contributed by atoms with van der Waals surface area (Å²) in [4.78, 5) is 10.2. The van der Waals surface area contributed by atoms with Gasteiger partial charge in [0.05, 0.1) is 11.5 Å². The Hall–Kier alpha value is -1.78. The molecule has 0 aliphatic carbocycles. The van der Waals surface area contributed by atoms with Crippen LogP contribution in [-0.4, -0.2) is 62.6 Å². The van der Waals surface area contributed by atoms with Crippen LogP contribution in [0.1, 0.15) is 5.56 Å². The van der Waals surface area contributed by atoms with Crippen molar-refractivity contribution in [2.24, 2.45) is 0 Å². The molecular weight excluding hydrogens is 296 g/mol. The number of aliphatic hydroxyl groups excluding tert-OH is 4. The molecule has 0 bridgehead atoms. The molecule has 5 N–H and O–H groups in total. The number of hydrogen-bond donors (Lipinski definition) is 5. The maximum atomic E-state index is 10.7. The van der Waals surface area contributed by atoms with E-state index in [1.165, 1.54) is 18.2 Å². The number of non-ortho nitro benzene ring substituents is 1. The first kappa shape index (κ1) is 16.6. The third-order valence-electron chi connectivity index (χ3n) is 3.59. The van der Waals surface area contributed by atoms with Gasteiger partial charge in [-0.25, -0.2) is 0 Å². The van der Waals surface area contributed by atoms with Crippen LogP contribution < -0.4 is 5.32 Å². The van der Waals surface area contributed by atoms with E-state index < -0.39 is 42.2 Å². The number of nitro benzene ring substituents is 1. The van der Waals surface area contributed by atoms with Gasteiger partial charge in [-0.2, -0.15) is 0 Å². The largest absolute Gasteiger partial charge is 0.394 e. The van der Waals surface area contributed by atoms with E-state index in [1.807, 2.05) is 0 Å². The maximum Gasteiger partial charge on any atom is 0.269 e. The zero-order valence-corrected chi connectivity index (χ0v) is 11.8. The van der Waals surface area contributed by atoms with Gasteiger partial charge in [-0.05, 0) is 18.6 Å². The van der Waals surface area contributed by atoms with Crippen molar-refractivity contribution in [2.75, 3.05) is 11.9 Å². The third kappa shape index (κ3) is 3.18. The molecule has 0 amide bonds. The SMILES string of the molecule is Cc1cc([N+](=O)[O-])ccc1N[C@@H]1O[C@H]([C@H](O)CO)[C@H](O)[C@@H]1O. The highest BCUT2D eigenvalue weighted by molar-refractivity contribution is 5.55. The Kier molecular flexibility index (Phi) is 4.94.